The van der Waals surface area contributed by atoms with Gasteiger partial charge in [-0.2, -0.15) is 0 Å². The summed E-state index contributed by atoms with van der Waals surface area (Å²) in [5.74, 6) is -0.529. The molecule has 0 amide bonds. The number of morpholine rings is 1. The molecule has 6 nitrogen and oxygen atoms in total. The Hall–Kier alpha value is -2.87. The summed E-state index contributed by atoms with van der Waals surface area (Å²) in [4.78, 5) is 13.3. The zero-order valence-electron chi connectivity index (χ0n) is 21.8. The molecular formula is C30H36BNO5. The van der Waals surface area contributed by atoms with E-state index in [-0.39, 0.29) is 12.5 Å². The van der Waals surface area contributed by atoms with Gasteiger partial charge in [0.1, 0.15) is 0 Å². The van der Waals surface area contributed by atoms with Gasteiger partial charge in [0, 0.05) is 43.5 Å². The molecule has 1 saturated carbocycles. The van der Waals surface area contributed by atoms with Gasteiger partial charge in [-0.05, 0) is 64.7 Å². The van der Waals surface area contributed by atoms with Crippen molar-refractivity contribution in [2.45, 2.75) is 33.1 Å². The Kier molecular flexibility index (Phi) is 7.84. The Morgan fingerprint density at radius 1 is 0.973 bits per heavy atom. The molecule has 3 aliphatic rings. The second-order valence-electron chi connectivity index (χ2n) is 11.0. The van der Waals surface area contributed by atoms with E-state index in [0.29, 0.717) is 19.1 Å². The van der Waals surface area contributed by atoms with E-state index < -0.39 is 5.97 Å². The number of carboxylic acids is 1. The fraction of sp³-hybridized carbons (Fsp3) is 0.433. The number of carbonyl (C=O) groups is 1. The number of allylic oxidation sites excluding steroid dienone is 1. The first kappa shape index (κ1) is 25.8. The van der Waals surface area contributed by atoms with Crippen LogP contribution in [0.5, 0.6) is 0 Å². The number of hydrogen-bond donors (Lipinski definition) is 1. The molecular weight excluding hydrogens is 465 g/mol. The first-order valence-corrected chi connectivity index (χ1v) is 13.3. The van der Waals surface area contributed by atoms with Crippen LogP contribution in [0.1, 0.15) is 49.8 Å². The van der Waals surface area contributed by atoms with Crippen LogP contribution in [-0.2, 0) is 18.8 Å². The van der Waals surface area contributed by atoms with Gasteiger partial charge in [0.05, 0.1) is 13.2 Å². The Bertz CT molecular complexity index is 1140. The summed E-state index contributed by atoms with van der Waals surface area (Å²) >= 11 is 0. The van der Waals surface area contributed by atoms with Gasteiger partial charge in [-0.15, -0.1) is 0 Å². The Balaban J connectivity index is 1.56. The van der Waals surface area contributed by atoms with Crippen molar-refractivity contribution in [3.63, 3.8) is 0 Å². The number of nitrogens with zero attached hydrogens (tertiary/aromatic N) is 1. The number of rotatable bonds is 7. The molecule has 3 fully saturated rings. The maximum atomic E-state index is 11.0. The predicted molar refractivity (Wildman–Crippen MR) is 147 cm³/mol. The largest absolute Gasteiger partial charge is 0.490 e. The molecule has 37 heavy (non-hydrogen) atoms. The Morgan fingerprint density at radius 3 is 2.11 bits per heavy atom. The van der Waals surface area contributed by atoms with Crippen LogP contribution in [0.4, 0.5) is 5.69 Å². The van der Waals surface area contributed by atoms with E-state index in [9.17, 15) is 4.79 Å². The van der Waals surface area contributed by atoms with Gasteiger partial charge in [-0.1, -0.05) is 56.7 Å². The smallest absolute Gasteiger partial charge is 0.478 e. The number of aliphatic carboxylic acids is 1. The van der Waals surface area contributed by atoms with Crippen LogP contribution in [-0.4, -0.2) is 57.7 Å². The predicted octanol–water partition coefficient (Wildman–Crippen LogP) is 5.32. The topological polar surface area (TPSA) is 68.2 Å². The van der Waals surface area contributed by atoms with Crippen molar-refractivity contribution in [3.05, 3.63) is 76.8 Å². The lowest BCUT2D eigenvalue weighted by Crippen LogP contribution is -2.44. The summed E-state index contributed by atoms with van der Waals surface area (Å²) in [5, 5.41) is 9.00. The van der Waals surface area contributed by atoms with Crippen LogP contribution in [0.3, 0.4) is 0 Å². The standard InChI is InChI=1S/C30H36BNO5/c1-30(2)20-36-31(37-21-30)29(25-4-3-5-25)28(23-9-6-22(7-10-23)8-15-27(33)34)24-11-13-26(14-12-24)32-16-18-35-19-17-32/h6-15,25H,3-5,16-21H2,1-2H3,(H,33,34). The van der Waals surface area contributed by atoms with Gasteiger partial charge >= 0.3 is 13.1 Å². The summed E-state index contributed by atoms with van der Waals surface area (Å²) in [6.45, 7) is 8.99. The van der Waals surface area contributed by atoms with Crippen LogP contribution in [0.2, 0.25) is 0 Å². The molecule has 2 saturated heterocycles. The van der Waals surface area contributed by atoms with E-state index in [1.165, 1.54) is 23.7 Å². The van der Waals surface area contributed by atoms with Gasteiger partial charge in [0.2, 0.25) is 0 Å². The fourth-order valence-electron chi connectivity index (χ4n) is 5.19. The molecule has 0 radical (unpaired) electrons. The highest BCUT2D eigenvalue weighted by atomic mass is 16.6. The molecule has 2 aromatic rings. The molecule has 0 atom stereocenters. The number of benzene rings is 2. The second-order valence-corrected chi connectivity index (χ2v) is 11.0. The molecule has 7 heteroatoms. The van der Waals surface area contributed by atoms with Crippen molar-refractivity contribution < 1.29 is 23.9 Å². The zero-order chi connectivity index (χ0) is 25.8. The van der Waals surface area contributed by atoms with Crippen LogP contribution < -0.4 is 4.90 Å². The third-order valence-electron chi connectivity index (χ3n) is 7.49. The van der Waals surface area contributed by atoms with Crippen molar-refractivity contribution in [3.8, 4) is 0 Å². The molecule has 2 aromatic carbocycles. The van der Waals surface area contributed by atoms with Crippen molar-refractivity contribution in [2.24, 2.45) is 11.3 Å². The van der Waals surface area contributed by atoms with Gasteiger partial charge in [0.25, 0.3) is 0 Å². The summed E-state index contributed by atoms with van der Waals surface area (Å²) in [6, 6.07) is 16.9. The van der Waals surface area contributed by atoms with E-state index in [1.54, 1.807) is 6.08 Å². The Labute approximate surface area is 220 Å². The van der Waals surface area contributed by atoms with E-state index in [2.05, 4.69) is 55.1 Å². The van der Waals surface area contributed by atoms with E-state index >= 15 is 0 Å². The molecule has 0 bridgehead atoms. The number of hydrogen-bond acceptors (Lipinski definition) is 5. The molecule has 194 valence electrons. The minimum absolute atomic E-state index is 0.000679. The zero-order valence-corrected chi connectivity index (χ0v) is 21.8. The van der Waals surface area contributed by atoms with Crippen LogP contribution >= 0.6 is 0 Å². The lowest BCUT2D eigenvalue weighted by molar-refractivity contribution is -0.131. The highest BCUT2D eigenvalue weighted by molar-refractivity contribution is 6.56. The summed E-state index contributed by atoms with van der Waals surface area (Å²) in [6.07, 6.45) is 6.28. The highest BCUT2D eigenvalue weighted by Crippen LogP contribution is 2.43. The molecule has 2 aliphatic heterocycles. The average Bonchev–Trinajstić information content (AvgIpc) is 2.88. The summed E-state index contributed by atoms with van der Waals surface area (Å²) < 4.78 is 18.3. The van der Waals surface area contributed by atoms with Crippen LogP contribution in [0, 0.1) is 11.3 Å². The lowest BCUT2D eigenvalue weighted by Gasteiger charge is -2.39. The number of ether oxygens (including phenoxy) is 1. The maximum Gasteiger partial charge on any atom is 0.490 e. The second kappa shape index (κ2) is 11.3. The first-order valence-electron chi connectivity index (χ1n) is 13.3. The summed E-state index contributed by atoms with van der Waals surface area (Å²) in [5.41, 5.74) is 6.68. The van der Waals surface area contributed by atoms with E-state index in [1.807, 2.05) is 12.1 Å². The quantitative estimate of drug-likeness (QED) is 0.409. The molecule has 1 aliphatic carbocycles. The van der Waals surface area contributed by atoms with Crippen molar-refractivity contribution in [2.75, 3.05) is 44.4 Å². The minimum atomic E-state index is -0.952. The maximum absolute atomic E-state index is 11.0. The third kappa shape index (κ3) is 6.17. The fourth-order valence-corrected chi connectivity index (χ4v) is 5.19. The molecule has 0 unspecified atom stereocenters. The SMILES string of the molecule is CC1(C)COB(C(=C(c2ccc(C=CC(=O)O)cc2)c2ccc(N3CCOCC3)cc2)C2CCC2)OC1. The van der Waals surface area contributed by atoms with Crippen molar-refractivity contribution >= 4 is 30.4 Å². The molecule has 5 rings (SSSR count). The van der Waals surface area contributed by atoms with Crippen molar-refractivity contribution in [1.82, 2.24) is 0 Å². The number of anilines is 1. The first-order chi connectivity index (χ1) is 17.9. The Morgan fingerprint density at radius 2 is 1.57 bits per heavy atom. The van der Waals surface area contributed by atoms with Gasteiger partial charge in [-0.25, -0.2) is 4.79 Å². The minimum Gasteiger partial charge on any atom is -0.478 e. The van der Waals surface area contributed by atoms with Gasteiger partial charge in [0.15, 0.2) is 0 Å². The van der Waals surface area contributed by atoms with Crippen molar-refractivity contribution in [1.29, 1.82) is 0 Å². The third-order valence-corrected chi connectivity index (χ3v) is 7.49. The molecule has 0 spiro atoms. The monoisotopic (exact) mass is 501 g/mol. The van der Waals surface area contributed by atoms with E-state index in [0.717, 1.165) is 61.4 Å². The molecule has 0 aromatic heterocycles. The average molecular weight is 501 g/mol. The molecule has 1 N–H and O–H groups in total. The van der Waals surface area contributed by atoms with Gasteiger partial charge < -0.3 is 24.1 Å². The highest BCUT2D eigenvalue weighted by Gasteiger charge is 2.41. The molecule has 2 heterocycles. The summed E-state index contributed by atoms with van der Waals surface area (Å²) in [7, 11) is -0.362. The van der Waals surface area contributed by atoms with Crippen LogP contribution in [0.15, 0.2) is 60.1 Å². The van der Waals surface area contributed by atoms with E-state index in [4.69, 9.17) is 19.2 Å². The number of carboxylic acid groups (broad SMARTS) is 1. The normalized spacial score (nSPS) is 21.0. The lowest BCUT2D eigenvalue weighted by atomic mass is 9.59. The van der Waals surface area contributed by atoms with Crippen LogP contribution in [0.25, 0.3) is 11.6 Å². The van der Waals surface area contributed by atoms with Gasteiger partial charge in [-0.3, -0.25) is 0 Å².